The van der Waals surface area contributed by atoms with Crippen LogP contribution >= 0.6 is 11.6 Å². The number of nitrogens with zero attached hydrogens (tertiary/aromatic N) is 3. The van der Waals surface area contributed by atoms with E-state index in [2.05, 4.69) is 15.0 Å². The van der Waals surface area contributed by atoms with Gasteiger partial charge in [-0.2, -0.15) is 23.1 Å². The van der Waals surface area contributed by atoms with E-state index in [9.17, 15) is 22.8 Å². The number of hydrogen-bond donors (Lipinski definition) is 1. The first-order valence-electron chi connectivity index (χ1n) is 11.7. The Labute approximate surface area is 216 Å². The zero-order chi connectivity index (χ0) is 27.0. The van der Waals surface area contributed by atoms with Crippen LogP contribution in [0.5, 0.6) is 6.01 Å². The van der Waals surface area contributed by atoms with Crippen LogP contribution < -0.4 is 10.5 Å². The highest BCUT2D eigenvalue weighted by Crippen LogP contribution is 2.51. The number of aromatic nitrogens is 3. The molecule has 1 amide bonds. The van der Waals surface area contributed by atoms with E-state index in [0.717, 1.165) is 5.56 Å². The number of nitrogens with two attached hydrogens (primary N) is 1. The number of alkyl halides is 3. The highest BCUT2D eigenvalue weighted by molar-refractivity contribution is 6.33. The van der Waals surface area contributed by atoms with Crippen LogP contribution in [0.2, 0.25) is 5.02 Å². The summed E-state index contributed by atoms with van der Waals surface area (Å²) in [6.45, 7) is 4.00. The Morgan fingerprint density at radius 3 is 2.32 bits per heavy atom. The summed E-state index contributed by atoms with van der Waals surface area (Å²) >= 11 is 6.34. The topological polar surface area (TPSA) is 108 Å². The average molecular weight is 533 g/mol. The number of carbonyl (C=O) groups is 2. The summed E-state index contributed by atoms with van der Waals surface area (Å²) < 4.78 is 47.0. The summed E-state index contributed by atoms with van der Waals surface area (Å²) in [5.41, 5.74) is 4.54. The van der Waals surface area contributed by atoms with E-state index in [-0.39, 0.29) is 59.4 Å². The molecule has 1 fully saturated rings. The van der Waals surface area contributed by atoms with Crippen molar-refractivity contribution in [2.24, 2.45) is 11.1 Å². The first-order valence-corrected chi connectivity index (χ1v) is 12.0. The van der Waals surface area contributed by atoms with Crippen LogP contribution in [0.1, 0.15) is 61.4 Å². The van der Waals surface area contributed by atoms with Crippen molar-refractivity contribution in [2.75, 3.05) is 0 Å². The molecule has 1 aliphatic rings. The number of hydrogen-bond acceptors (Lipinski definition) is 6. The lowest BCUT2D eigenvalue weighted by Crippen LogP contribution is -2.45. The quantitative estimate of drug-likeness (QED) is 0.384. The Morgan fingerprint density at radius 1 is 1.03 bits per heavy atom. The minimum absolute atomic E-state index is 0.0586. The molecule has 3 aromatic rings. The van der Waals surface area contributed by atoms with E-state index in [1.807, 2.05) is 26.0 Å². The van der Waals surface area contributed by atoms with Crippen LogP contribution in [0, 0.1) is 5.41 Å². The molecule has 1 heterocycles. The molecule has 4 rings (SSSR count). The molecule has 7 nitrogen and oxygen atoms in total. The normalized spacial score (nSPS) is 15.1. The first kappa shape index (κ1) is 26.5. The SMILES string of the molecule is CC(C)c1cccc(-c2nc(OC(=O)C3(C(F)(F)F)CCCC3)nc(-c3cc(C(N)=O)ccc3Cl)n2)c1. The zero-order valence-electron chi connectivity index (χ0n) is 20.1. The van der Waals surface area contributed by atoms with Crippen LogP contribution in [-0.2, 0) is 4.79 Å². The molecule has 2 aromatic carbocycles. The Bertz CT molecular complexity index is 1360. The molecule has 0 saturated heterocycles. The monoisotopic (exact) mass is 532 g/mol. The number of carbonyl (C=O) groups excluding carboxylic acids is 2. The van der Waals surface area contributed by atoms with Gasteiger partial charge in [-0.25, -0.2) is 4.98 Å². The molecule has 194 valence electrons. The molecule has 11 heteroatoms. The maximum absolute atomic E-state index is 13.9. The standard InChI is InChI=1S/C26H24ClF3N4O3/c1-14(2)15-6-5-7-17(12-15)21-32-22(18-13-16(20(31)35)8-9-19(18)27)34-24(33-21)37-23(36)25(26(28,29)30)10-3-4-11-25/h5-9,12-14H,3-4,10-11H2,1-2H3,(H2,31,35). The van der Waals surface area contributed by atoms with Crippen LogP contribution in [0.3, 0.4) is 0 Å². The van der Waals surface area contributed by atoms with E-state index in [4.69, 9.17) is 22.1 Å². The second-order valence-corrected chi connectivity index (χ2v) is 9.69. The fourth-order valence-corrected chi connectivity index (χ4v) is 4.50. The summed E-state index contributed by atoms with van der Waals surface area (Å²) in [6.07, 6.45) is -5.03. The number of halogens is 4. The van der Waals surface area contributed by atoms with Crippen LogP contribution in [0.4, 0.5) is 13.2 Å². The molecule has 0 spiro atoms. The van der Waals surface area contributed by atoms with Gasteiger partial charge in [0.2, 0.25) is 5.91 Å². The summed E-state index contributed by atoms with van der Waals surface area (Å²) in [4.78, 5) is 37.3. The predicted molar refractivity (Wildman–Crippen MR) is 131 cm³/mol. The van der Waals surface area contributed by atoms with E-state index >= 15 is 0 Å². The highest BCUT2D eigenvalue weighted by Gasteiger charge is 2.62. The molecule has 1 saturated carbocycles. The second-order valence-electron chi connectivity index (χ2n) is 9.28. The lowest BCUT2D eigenvalue weighted by molar-refractivity contribution is -0.228. The van der Waals surface area contributed by atoms with Crippen LogP contribution in [0.25, 0.3) is 22.8 Å². The van der Waals surface area contributed by atoms with E-state index in [1.165, 1.54) is 18.2 Å². The third-order valence-corrected chi connectivity index (χ3v) is 6.82. The van der Waals surface area contributed by atoms with Gasteiger partial charge in [0.25, 0.3) is 0 Å². The molecule has 0 atom stereocenters. The molecular formula is C26H24ClF3N4O3. The fourth-order valence-electron chi connectivity index (χ4n) is 4.30. The third kappa shape index (κ3) is 5.29. The molecule has 0 bridgehead atoms. The minimum atomic E-state index is -4.79. The van der Waals surface area contributed by atoms with Crippen molar-refractivity contribution in [1.29, 1.82) is 0 Å². The number of rotatable bonds is 6. The van der Waals surface area contributed by atoms with Crippen molar-refractivity contribution in [3.8, 4) is 28.8 Å². The summed E-state index contributed by atoms with van der Waals surface area (Å²) in [7, 11) is 0. The van der Waals surface area contributed by atoms with Crippen molar-refractivity contribution >= 4 is 23.5 Å². The van der Waals surface area contributed by atoms with Gasteiger partial charge in [0.1, 0.15) is 0 Å². The van der Waals surface area contributed by atoms with Crippen molar-refractivity contribution in [1.82, 2.24) is 15.0 Å². The number of benzene rings is 2. The third-order valence-electron chi connectivity index (χ3n) is 6.49. The lowest BCUT2D eigenvalue weighted by atomic mass is 9.85. The van der Waals surface area contributed by atoms with Gasteiger partial charge in [-0.1, -0.05) is 56.5 Å². The molecule has 0 unspecified atom stereocenters. The number of ether oxygens (including phenoxy) is 1. The van der Waals surface area contributed by atoms with Gasteiger partial charge in [-0.3, -0.25) is 9.59 Å². The summed E-state index contributed by atoms with van der Waals surface area (Å²) in [6, 6.07) is 10.8. The smallest absolute Gasteiger partial charge is 0.390 e. The van der Waals surface area contributed by atoms with Gasteiger partial charge in [-0.15, -0.1) is 0 Å². The van der Waals surface area contributed by atoms with Crippen LogP contribution in [-0.4, -0.2) is 33.0 Å². The maximum Gasteiger partial charge on any atom is 0.404 e. The highest BCUT2D eigenvalue weighted by atomic mass is 35.5. The van der Waals surface area contributed by atoms with Gasteiger partial charge in [0.05, 0.1) is 5.02 Å². The van der Waals surface area contributed by atoms with Gasteiger partial charge < -0.3 is 10.5 Å². The van der Waals surface area contributed by atoms with Crippen LogP contribution in [0.15, 0.2) is 42.5 Å². The predicted octanol–water partition coefficient (Wildman–Crippen LogP) is 6.11. The molecular weight excluding hydrogens is 509 g/mol. The van der Waals surface area contributed by atoms with E-state index < -0.39 is 29.5 Å². The fraction of sp³-hybridized carbons (Fsp3) is 0.346. The van der Waals surface area contributed by atoms with E-state index in [1.54, 1.807) is 12.1 Å². The number of primary amides is 1. The molecule has 2 N–H and O–H groups in total. The Kier molecular flexibility index (Phi) is 7.23. The maximum atomic E-state index is 13.9. The lowest BCUT2D eigenvalue weighted by Gasteiger charge is -2.28. The second kappa shape index (κ2) is 10.1. The van der Waals surface area contributed by atoms with Crippen molar-refractivity contribution in [3.05, 3.63) is 58.6 Å². The van der Waals surface area contributed by atoms with Gasteiger partial charge in [0.15, 0.2) is 17.1 Å². The molecule has 0 aliphatic heterocycles. The summed E-state index contributed by atoms with van der Waals surface area (Å²) in [5, 5.41) is 0.151. The Morgan fingerprint density at radius 2 is 1.70 bits per heavy atom. The largest absolute Gasteiger partial charge is 0.404 e. The van der Waals surface area contributed by atoms with Crippen molar-refractivity contribution in [3.63, 3.8) is 0 Å². The van der Waals surface area contributed by atoms with Gasteiger partial charge in [-0.05, 0) is 48.6 Å². The Balaban J connectivity index is 1.85. The average Bonchev–Trinajstić information content (AvgIpc) is 3.36. The molecule has 37 heavy (non-hydrogen) atoms. The molecule has 1 aromatic heterocycles. The van der Waals surface area contributed by atoms with E-state index in [0.29, 0.717) is 5.56 Å². The number of esters is 1. The van der Waals surface area contributed by atoms with Crippen molar-refractivity contribution in [2.45, 2.75) is 51.6 Å². The summed E-state index contributed by atoms with van der Waals surface area (Å²) in [5.74, 6) is -2.05. The van der Waals surface area contributed by atoms with Crippen molar-refractivity contribution < 1.29 is 27.5 Å². The number of amides is 1. The van der Waals surface area contributed by atoms with Gasteiger partial charge in [0, 0.05) is 16.7 Å². The molecule has 0 radical (unpaired) electrons. The van der Waals surface area contributed by atoms with Gasteiger partial charge >= 0.3 is 18.2 Å². The zero-order valence-corrected chi connectivity index (χ0v) is 20.9. The minimum Gasteiger partial charge on any atom is -0.390 e. The molecule has 1 aliphatic carbocycles. The first-order chi connectivity index (χ1) is 17.4. The Hall–Kier alpha value is -3.53.